The first-order valence-corrected chi connectivity index (χ1v) is 5.67. The van der Waals surface area contributed by atoms with Crippen LogP contribution in [0.1, 0.15) is 19.7 Å². The summed E-state index contributed by atoms with van der Waals surface area (Å²) < 4.78 is 1.39. The molecule has 0 bridgehead atoms. The normalized spacial score (nSPS) is 12.9. The highest BCUT2D eigenvalue weighted by molar-refractivity contribution is 5.77. The van der Waals surface area contributed by atoms with E-state index in [4.69, 9.17) is 5.11 Å². The number of carbonyl (C=O) groups is 1. The first-order valence-electron chi connectivity index (χ1n) is 5.67. The third-order valence-corrected chi connectivity index (χ3v) is 2.55. The molecule has 1 atom stereocenters. The Balaban J connectivity index is 2.27. The zero-order valence-corrected chi connectivity index (χ0v) is 10.5. The van der Waals surface area contributed by atoms with Crippen molar-refractivity contribution < 1.29 is 9.90 Å². The monoisotopic (exact) mass is 249 g/mol. The van der Waals surface area contributed by atoms with Gasteiger partial charge in [0, 0.05) is 0 Å². The van der Waals surface area contributed by atoms with E-state index in [1.54, 1.807) is 19.1 Å². The molecule has 7 heteroatoms. The molecule has 96 valence electrons. The number of anilines is 1. The maximum absolute atomic E-state index is 11.1. The van der Waals surface area contributed by atoms with Crippen LogP contribution in [0.25, 0.3) is 5.65 Å². The Kier molecular flexibility index (Phi) is 3.14. The first kappa shape index (κ1) is 12.3. The van der Waals surface area contributed by atoms with Crippen LogP contribution in [0.5, 0.6) is 0 Å². The van der Waals surface area contributed by atoms with E-state index in [1.807, 2.05) is 13.8 Å². The highest BCUT2D eigenvalue weighted by atomic mass is 16.4. The summed E-state index contributed by atoms with van der Waals surface area (Å²) in [4.78, 5) is 15.2. The maximum Gasteiger partial charge on any atom is 0.326 e. The molecule has 0 saturated carbocycles. The molecule has 0 aliphatic heterocycles. The second kappa shape index (κ2) is 4.59. The van der Waals surface area contributed by atoms with Gasteiger partial charge in [0.05, 0.1) is 0 Å². The van der Waals surface area contributed by atoms with Gasteiger partial charge in [-0.05, 0) is 25.0 Å². The molecular weight excluding hydrogens is 234 g/mol. The largest absolute Gasteiger partial charge is 0.480 e. The quantitative estimate of drug-likeness (QED) is 0.838. The Morgan fingerprint density at radius 3 is 2.72 bits per heavy atom. The highest BCUT2D eigenvalue weighted by Gasteiger charge is 2.21. The van der Waals surface area contributed by atoms with Gasteiger partial charge in [0.15, 0.2) is 5.65 Å². The fourth-order valence-electron chi connectivity index (χ4n) is 1.64. The smallest absolute Gasteiger partial charge is 0.326 e. The Labute approximate surface area is 104 Å². The van der Waals surface area contributed by atoms with Gasteiger partial charge in [0.25, 0.3) is 0 Å². The van der Waals surface area contributed by atoms with Crippen LogP contribution in [-0.2, 0) is 4.79 Å². The van der Waals surface area contributed by atoms with Gasteiger partial charge in [0.2, 0.25) is 0 Å². The molecule has 0 spiro atoms. The first-order chi connectivity index (χ1) is 8.47. The summed E-state index contributed by atoms with van der Waals surface area (Å²) in [5, 5.41) is 20.2. The molecule has 0 aliphatic rings. The van der Waals surface area contributed by atoms with Gasteiger partial charge in [-0.3, -0.25) is 0 Å². The Bertz CT molecular complexity index is 578. The van der Waals surface area contributed by atoms with Crippen molar-refractivity contribution >= 4 is 17.4 Å². The highest BCUT2D eigenvalue weighted by Crippen LogP contribution is 2.11. The summed E-state index contributed by atoms with van der Waals surface area (Å²) >= 11 is 0. The predicted octanol–water partition coefficient (Wildman–Crippen LogP) is 0.954. The minimum atomic E-state index is -0.901. The van der Waals surface area contributed by atoms with E-state index in [2.05, 4.69) is 20.5 Å². The van der Waals surface area contributed by atoms with Crippen molar-refractivity contribution in [2.75, 3.05) is 5.32 Å². The summed E-state index contributed by atoms with van der Waals surface area (Å²) in [6, 6.07) is 2.76. The van der Waals surface area contributed by atoms with Crippen LogP contribution in [0.15, 0.2) is 12.1 Å². The predicted molar refractivity (Wildman–Crippen MR) is 65.4 cm³/mol. The lowest BCUT2D eigenvalue weighted by Gasteiger charge is -2.17. The summed E-state index contributed by atoms with van der Waals surface area (Å²) in [5.41, 5.74) is 0.634. The number of carboxylic acids is 1. The molecule has 0 saturated heterocycles. The van der Waals surface area contributed by atoms with Gasteiger partial charge < -0.3 is 10.4 Å². The van der Waals surface area contributed by atoms with E-state index in [-0.39, 0.29) is 5.92 Å². The van der Waals surface area contributed by atoms with Crippen molar-refractivity contribution in [3.63, 3.8) is 0 Å². The number of nitrogens with zero attached hydrogens (tertiary/aromatic N) is 4. The van der Waals surface area contributed by atoms with Gasteiger partial charge in [-0.1, -0.05) is 13.8 Å². The van der Waals surface area contributed by atoms with E-state index < -0.39 is 12.0 Å². The van der Waals surface area contributed by atoms with Crippen LogP contribution < -0.4 is 5.32 Å². The van der Waals surface area contributed by atoms with Crippen LogP contribution >= 0.6 is 0 Å². The minimum Gasteiger partial charge on any atom is -0.480 e. The lowest BCUT2D eigenvalue weighted by atomic mass is 10.1. The number of aromatic nitrogens is 4. The Morgan fingerprint density at radius 2 is 2.11 bits per heavy atom. The second-order valence-corrected chi connectivity index (χ2v) is 4.43. The molecule has 2 aromatic rings. The summed E-state index contributed by atoms with van der Waals surface area (Å²) in [7, 11) is 0. The molecule has 18 heavy (non-hydrogen) atoms. The lowest BCUT2D eigenvalue weighted by Crippen LogP contribution is -2.34. The number of hydrogen-bond donors (Lipinski definition) is 2. The van der Waals surface area contributed by atoms with Crippen LogP contribution in [0.4, 0.5) is 5.82 Å². The average molecular weight is 249 g/mol. The fraction of sp³-hybridized carbons (Fsp3) is 0.455. The van der Waals surface area contributed by atoms with Crippen molar-refractivity contribution in [1.29, 1.82) is 0 Å². The van der Waals surface area contributed by atoms with Crippen molar-refractivity contribution in [1.82, 2.24) is 19.8 Å². The van der Waals surface area contributed by atoms with E-state index in [9.17, 15) is 4.79 Å². The number of hydrogen-bond acceptors (Lipinski definition) is 5. The van der Waals surface area contributed by atoms with Gasteiger partial charge in [-0.2, -0.15) is 0 Å². The minimum absolute atomic E-state index is 0.0440. The van der Waals surface area contributed by atoms with Crippen LogP contribution in [0.3, 0.4) is 0 Å². The average Bonchev–Trinajstić information content (AvgIpc) is 2.64. The van der Waals surface area contributed by atoms with Gasteiger partial charge >= 0.3 is 5.97 Å². The SMILES string of the molecule is Cc1nc2ccc(N[C@@H](C(=O)O)C(C)C)nn2n1. The number of rotatable bonds is 4. The number of carboxylic acid groups (broad SMARTS) is 1. The van der Waals surface area contributed by atoms with Crippen LogP contribution in [0, 0.1) is 12.8 Å². The van der Waals surface area contributed by atoms with Crippen molar-refractivity contribution in [3.05, 3.63) is 18.0 Å². The molecule has 0 amide bonds. The molecule has 0 aromatic carbocycles. The zero-order chi connectivity index (χ0) is 13.3. The molecule has 2 rings (SSSR count). The molecule has 0 unspecified atom stereocenters. The van der Waals surface area contributed by atoms with Crippen LogP contribution in [-0.4, -0.2) is 36.9 Å². The number of nitrogens with one attached hydrogen (secondary N) is 1. The van der Waals surface area contributed by atoms with Crippen molar-refractivity contribution in [3.8, 4) is 0 Å². The van der Waals surface area contributed by atoms with Crippen LogP contribution in [0.2, 0.25) is 0 Å². The Morgan fingerprint density at radius 1 is 1.39 bits per heavy atom. The molecule has 2 heterocycles. The van der Waals surface area contributed by atoms with E-state index >= 15 is 0 Å². The van der Waals surface area contributed by atoms with E-state index in [0.29, 0.717) is 17.3 Å². The lowest BCUT2D eigenvalue weighted by molar-refractivity contribution is -0.138. The number of aryl methyl sites for hydroxylation is 1. The number of fused-ring (bicyclic) bond motifs is 1. The summed E-state index contributed by atoms with van der Waals surface area (Å²) in [6.07, 6.45) is 0. The topological polar surface area (TPSA) is 92.4 Å². The van der Waals surface area contributed by atoms with Crippen molar-refractivity contribution in [2.24, 2.45) is 5.92 Å². The molecule has 2 aromatic heterocycles. The standard InChI is InChI=1S/C11H15N5O2/c1-6(2)10(11(17)18)13-8-4-5-9-12-7(3)14-16(9)15-8/h4-6,10H,1-3H3,(H,13,15)(H,17,18)/t10-/m1/s1. The number of aliphatic carboxylic acids is 1. The zero-order valence-electron chi connectivity index (χ0n) is 10.5. The second-order valence-electron chi connectivity index (χ2n) is 4.43. The summed E-state index contributed by atoms with van der Waals surface area (Å²) in [6.45, 7) is 5.45. The van der Waals surface area contributed by atoms with Gasteiger partial charge in [0.1, 0.15) is 17.7 Å². The maximum atomic E-state index is 11.1. The van der Waals surface area contributed by atoms with E-state index in [0.717, 1.165) is 0 Å². The summed E-state index contributed by atoms with van der Waals surface area (Å²) in [5.74, 6) is 0.144. The molecule has 7 nitrogen and oxygen atoms in total. The molecular formula is C11H15N5O2. The van der Waals surface area contributed by atoms with Gasteiger partial charge in [-0.25, -0.2) is 9.78 Å². The third kappa shape index (κ3) is 2.39. The van der Waals surface area contributed by atoms with E-state index in [1.165, 1.54) is 4.63 Å². The third-order valence-electron chi connectivity index (χ3n) is 2.55. The molecule has 0 radical (unpaired) electrons. The molecule has 2 N–H and O–H groups in total. The fourth-order valence-corrected chi connectivity index (χ4v) is 1.64. The Hall–Kier alpha value is -2.18. The van der Waals surface area contributed by atoms with Gasteiger partial charge in [-0.15, -0.1) is 14.8 Å². The molecule has 0 aliphatic carbocycles. The molecule has 0 fully saturated rings. The van der Waals surface area contributed by atoms with Crippen molar-refractivity contribution in [2.45, 2.75) is 26.8 Å².